The van der Waals surface area contributed by atoms with Crippen LogP contribution in [0, 0.1) is 12.7 Å². The van der Waals surface area contributed by atoms with E-state index in [1.165, 1.54) is 6.07 Å². The summed E-state index contributed by atoms with van der Waals surface area (Å²) in [5.74, 6) is 0.210. The van der Waals surface area contributed by atoms with Gasteiger partial charge in [0.1, 0.15) is 5.82 Å². The molecule has 3 aromatic rings. The molecule has 0 aliphatic carbocycles. The van der Waals surface area contributed by atoms with E-state index in [-0.39, 0.29) is 11.7 Å². The molecule has 1 atom stereocenters. The lowest BCUT2D eigenvalue weighted by molar-refractivity contribution is 0.148. The van der Waals surface area contributed by atoms with Crippen molar-refractivity contribution in [2.24, 2.45) is 0 Å². The number of aromatic nitrogens is 3. The Bertz CT molecular complexity index is 1210. The number of anilines is 3. The van der Waals surface area contributed by atoms with Gasteiger partial charge in [0, 0.05) is 74.2 Å². The third-order valence-corrected chi connectivity index (χ3v) is 6.66. The molecule has 5 rings (SSSR count). The Hall–Kier alpha value is -3.20. The zero-order valence-electron chi connectivity index (χ0n) is 19.5. The van der Waals surface area contributed by atoms with Gasteiger partial charge in [0.2, 0.25) is 0 Å². The molecular formula is C24H30FN7O. The van der Waals surface area contributed by atoms with Crippen molar-refractivity contribution < 1.29 is 9.18 Å². The highest BCUT2D eigenvalue weighted by Crippen LogP contribution is 2.35. The number of carbonyl (C=O) groups is 1. The maximum Gasteiger partial charge on any atom is 0.327 e. The highest BCUT2D eigenvalue weighted by Gasteiger charge is 2.32. The SMILES string of the molecule is Cc1cn2cc(NC(=O)N3CCc4c(N5CCN(C(C)C)[C@@H](C)C5)ccnc43)cc(F)c2n1. The van der Waals surface area contributed by atoms with E-state index in [2.05, 4.69) is 51.9 Å². The number of amides is 2. The zero-order chi connectivity index (χ0) is 23.3. The molecule has 5 heterocycles. The molecule has 2 aliphatic rings. The quantitative estimate of drug-likeness (QED) is 0.658. The molecule has 0 bridgehead atoms. The second-order valence-corrected chi connectivity index (χ2v) is 9.28. The number of aryl methyl sites for hydroxylation is 1. The average molecular weight is 452 g/mol. The molecule has 1 N–H and O–H groups in total. The minimum atomic E-state index is -0.474. The molecule has 0 spiro atoms. The van der Waals surface area contributed by atoms with Crippen LogP contribution in [0.25, 0.3) is 5.65 Å². The van der Waals surface area contributed by atoms with E-state index < -0.39 is 5.82 Å². The number of imidazole rings is 1. The molecule has 174 valence electrons. The van der Waals surface area contributed by atoms with E-state index >= 15 is 0 Å². The summed E-state index contributed by atoms with van der Waals surface area (Å²) in [6.07, 6.45) is 5.93. The summed E-state index contributed by atoms with van der Waals surface area (Å²) >= 11 is 0. The van der Waals surface area contributed by atoms with Gasteiger partial charge >= 0.3 is 6.03 Å². The Balaban J connectivity index is 1.36. The first kappa shape index (κ1) is 21.6. The number of nitrogens with zero attached hydrogens (tertiary/aromatic N) is 6. The van der Waals surface area contributed by atoms with Crippen LogP contribution < -0.4 is 15.1 Å². The molecule has 2 amide bonds. The van der Waals surface area contributed by atoms with Crippen molar-refractivity contribution in [3.63, 3.8) is 0 Å². The number of fused-ring (bicyclic) bond motifs is 2. The van der Waals surface area contributed by atoms with Crippen LogP contribution in [0.15, 0.2) is 30.7 Å². The van der Waals surface area contributed by atoms with Crippen LogP contribution in [0.4, 0.5) is 26.4 Å². The lowest BCUT2D eigenvalue weighted by Gasteiger charge is -2.43. The fourth-order valence-electron chi connectivity index (χ4n) is 5.16. The van der Waals surface area contributed by atoms with Crippen molar-refractivity contribution in [1.82, 2.24) is 19.3 Å². The molecule has 1 saturated heterocycles. The van der Waals surface area contributed by atoms with Crippen LogP contribution in [-0.2, 0) is 6.42 Å². The first-order valence-corrected chi connectivity index (χ1v) is 11.5. The van der Waals surface area contributed by atoms with Gasteiger partial charge in [-0.05, 0) is 40.2 Å². The number of rotatable bonds is 3. The van der Waals surface area contributed by atoms with Crippen molar-refractivity contribution in [1.29, 1.82) is 0 Å². The van der Waals surface area contributed by atoms with Crippen LogP contribution in [0.2, 0.25) is 0 Å². The summed E-state index contributed by atoms with van der Waals surface area (Å²) in [6.45, 7) is 12.0. The topological polar surface area (TPSA) is 69.0 Å². The van der Waals surface area contributed by atoms with E-state index in [1.807, 2.05) is 0 Å². The summed E-state index contributed by atoms with van der Waals surface area (Å²) in [7, 11) is 0. The van der Waals surface area contributed by atoms with Crippen molar-refractivity contribution in [3.05, 3.63) is 47.8 Å². The highest BCUT2D eigenvalue weighted by molar-refractivity contribution is 6.03. The van der Waals surface area contributed by atoms with Crippen LogP contribution in [-0.4, -0.2) is 63.6 Å². The van der Waals surface area contributed by atoms with Gasteiger partial charge in [0.15, 0.2) is 11.5 Å². The normalized spacial score (nSPS) is 18.9. The third kappa shape index (κ3) is 3.90. The maximum absolute atomic E-state index is 14.4. The fraction of sp³-hybridized carbons (Fsp3) is 0.458. The molecule has 8 nitrogen and oxygen atoms in total. The minimum absolute atomic E-state index is 0.245. The number of hydrogen-bond donors (Lipinski definition) is 1. The van der Waals surface area contributed by atoms with Crippen molar-refractivity contribution in [2.75, 3.05) is 41.3 Å². The van der Waals surface area contributed by atoms with Gasteiger partial charge in [-0.3, -0.25) is 9.80 Å². The van der Waals surface area contributed by atoms with Gasteiger partial charge in [0.05, 0.1) is 11.4 Å². The van der Waals surface area contributed by atoms with E-state index in [9.17, 15) is 9.18 Å². The predicted molar refractivity (Wildman–Crippen MR) is 128 cm³/mol. The molecule has 1 fully saturated rings. The highest BCUT2D eigenvalue weighted by atomic mass is 19.1. The van der Waals surface area contributed by atoms with Crippen LogP contribution in [0.5, 0.6) is 0 Å². The Morgan fingerprint density at radius 3 is 2.82 bits per heavy atom. The lowest BCUT2D eigenvalue weighted by atomic mass is 10.1. The van der Waals surface area contributed by atoms with Gasteiger partial charge < -0.3 is 14.6 Å². The second kappa shape index (κ2) is 8.30. The molecule has 33 heavy (non-hydrogen) atoms. The third-order valence-electron chi connectivity index (χ3n) is 6.66. The Kier molecular flexibility index (Phi) is 5.44. The molecule has 0 saturated carbocycles. The molecule has 0 radical (unpaired) electrons. The first-order valence-electron chi connectivity index (χ1n) is 11.5. The summed E-state index contributed by atoms with van der Waals surface area (Å²) in [5, 5.41) is 2.83. The minimum Gasteiger partial charge on any atom is -0.368 e. The van der Waals surface area contributed by atoms with Gasteiger partial charge in [0.25, 0.3) is 0 Å². The van der Waals surface area contributed by atoms with Crippen LogP contribution in [0.1, 0.15) is 32.0 Å². The van der Waals surface area contributed by atoms with E-state index in [4.69, 9.17) is 0 Å². The van der Waals surface area contributed by atoms with Crippen molar-refractivity contribution in [2.45, 2.75) is 46.2 Å². The number of carbonyl (C=O) groups excluding carboxylic acids is 1. The second-order valence-electron chi connectivity index (χ2n) is 9.28. The largest absolute Gasteiger partial charge is 0.368 e. The summed E-state index contributed by atoms with van der Waals surface area (Å²) < 4.78 is 16.0. The summed E-state index contributed by atoms with van der Waals surface area (Å²) in [6, 6.07) is 4.03. The average Bonchev–Trinajstić information content (AvgIpc) is 3.36. The number of halogens is 1. The molecule has 2 aliphatic heterocycles. The maximum atomic E-state index is 14.4. The van der Waals surface area contributed by atoms with Gasteiger partial charge in [-0.2, -0.15) is 0 Å². The monoisotopic (exact) mass is 451 g/mol. The smallest absolute Gasteiger partial charge is 0.327 e. The molecular weight excluding hydrogens is 421 g/mol. The Morgan fingerprint density at radius 2 is 2.06 bits per heavy atom. The Morgan fingerprint density at radius 1 is 1.24 bits per heavy atom. The number of pyridine rings is 2. The molecule has 3 aromatic heterocycles. The predicted octanol–water partition coefficient (Wildman–Crippen LogP) is 3.69. The van der Waals surface area contributed by atoms with Gasteiger partial charge in [-0.15, -0.1) is 0 Å². The standard InChI is InChI=1S/C24H30FN7O/c1-15(2)31-10-9-29(13-17(31)4)21-5-7-26-22-19(21)6-8-32(22)24(33)28-18-11-20(25)23-27-16(3)12-30(23)14-18/h5,7,11-12,14-15,17H,6,8-10,13H2,1-4H3,(H,28,33)/t17-/m0/s1. The van der Waals surface area contributed by atoms with Gasteiger partial charge in [-0.1, -0.05) is 0 Å². The van der Waals surface area contributed by atoms with Crippen molar-refractivity contribution >= 4 is 28.9 Å². The van der Waals surface area contributed by atoms with E-state index in [1.54, 1.807) is 34.8 Å². The first-order chi connectivity index (χ1) is 15.8. The molecule has 9 heteroatoms. The zero-order valence-corrected chi connectivity index (χ0v) is 19.5. The van der Waals surface area contributed by atoms with Crippen LogP contribution in [0.3, 0.4) is 0 Å². The Labute approximate surface area is 193 Å². The molecule has 0 aromatic carbocycles. The van der Waals surface area contributed by atoms with Crippen molar-refractivity contribution in [3.8, 4) is 0 Å². The van der Waals surface area contributed by atoms with Crippen LogP contribution >= 0.6 is 0 Å². The summed E-state index contributed by atoms with van der Waals surface area (Å²) in [4.78, 5) is 28.4. The fourth-order valence-corrected chi connectivity index (χ4v) is 5.16. The van der Waals surface area contributed by atoms with Gasteiger partial charge in [-0.25, -0.2) is 19.2 Å². The number of hydrogen-bond acceptors (Lipinski definition) is 5. The van der Waals surface area contributed by atoms with E-state index in [0.717, 1.165) is 37.3 Å². The summed E-state index contributed by atoms with van der Waals surface area (Å²) in [5.41, 5.74) is 3.60. The molecule has 0 unspecified atom stereocenters. The number of nitrogens with one attached hydrogen (secondary N) is 1. The van der Waals surface area contributed by atoms with E-state index in [0.29, 0.717) is 35.8 Å². The number of urea groups is 1. The number of piperazine rings is 1. The lowest BCUT2D eigenvalue weighted by Crippen LogP contribution is -2.54.